The second-order valence-corrected chi connectivity index (χ2v) is 4.08. The lowest BCUT2D eigenvalue weighted by Crippen LogP contribution is -2.01. The molecule has 0 unspecified atom stereocenters. The molecule has 0 bridgehead atoms. The van der Waals surface area contributed by atoms with Crippen molar-refractivity contribution in [2.24, 2.45) is 0 Å². The summed E-state index contributed by atoms with van der Waals surface area (Å²) in [5, 5.41) is 9.12. The summed E-state index contributed by atoms with van der Waals surface area (Å²) >= 11 is 0. The minimum absolute atomic E-state index is 0.137. The van der Waals surface area contributed by atoms with E-state index >= 15 is 0 Å². The van der Waals surface area contributed by atoms with Crippen molar-refractivity contribution in [3.8, 4) is 11.6 Å². The minimum atomic E-state index is -1.01. The zero-order valence-electron chi connectivity index (χ0n) is 10.2. The number of ether oxygens (including phenoxy) is 1. The number of carboxylic acids is 1. The molecule has 0 amide bonds. The van der Waals surface area contributed by atoms with Crippen molar-refractivity contribution in [3.05, 3.63) is 53.2 Å². The molecule has 1 N–H and O–H groups in total. The number of carbonyl (C=O) groups is 1. The Morgan fingerprint density at radius 2 is 1.89 bits per heavy atom. The Hall–Kier alpha value is -2.36. The van der Waals surface area contributed by atoms with E-state index in [2.05, 4.69) is 4.98 Å². The van der Waals surface area contributed by atoms with Gasteiger partial charge >= 0.3 is 5.97 Å². The highest BCUT2D eigenvalue weighted by Gasteiger charge is 2.12. The van der Waals surface area contributed by atoms with E-state index in [-0.39, 0.29) is 5.56 Å². The first-order valence-electron chi connectivity index (χ1n) is 5.51. The first kappa shape index (κ1) is 12.1. The monoisotopic (exact) mass is 243 g/mol. The molecule has 1 aromatic carbocycles. The Morgan fingerprint density at radius 1 is 1.17 bits per heavy atom. The number of aromatic carboxylic acids is 1. The summed E-state index contributed by atoms with van der Waals surface area (Å²) in [6.07, 6.45) is 1.62. The van der Waals surface area contributed by atoms with Crippen LogP contribution in [0.25, 0.3) is 0 Å². The van der Waals surface area contributed by atoms with E-state index < -0.39 is 5.97 Å². The standard InChI is InChI=1S/C14H13NO3/c1-9-3-4-12(11(7-9)14(16)17)18-13-8-10(2)5-6-15-13/h3-8H,1-2H3,(H,16,17). The molecule has 18 heavy (non-hydrogen) atoms. The highest BCUT2D eigenvalue weighted by Crippen LogP contribution is 2.25. The van der Waals surface area contributed by atoms with Crippen LogP contribution in [-0.2, 0) is 0 Å². The molecule has 0 atom stereocenters. The van der Waals surface area contributed by atoms with Gasteiger partial charge in [0.2, 0.25) is 5.88 Å². The number of benzene rings is 1. The van der Waals surface area contributed by atoms with E-state index in [1.54, 1.807) is 30.5 Å². The average molecular weight is 243 g/mol. The van der Waals surface area contributed by atoms with E-state index in [4.69, 9.17) is 9.84 Å². The van der Waals surface area contributed by atoms with Gasteiger partial charge in [-0.15, -0.1) is 0 Å². The van der Waals surface area contributed by atoms with Gasteiger partial charge < -0.3 is 9.84 Å². The summed E-state index contributed by atoms with van der Waals surface area (Å²) in [6, 6.07) is 8.62. The third kappa shape index (κ3) is 2.66. The maximum absolute atomic E-state index is 11.1. The molecule has 0 fully saturated rings. The fourth-order valence-corrected chi connectivity index (χ4v) is 1.58. The van der Waals surface area contributed by atoms with Gasteiger partial charge in [-0.1, -0.05) is 11.6 Å². The summed E-state index contributed by atoms with van der Waals surface area (Å²) in [5.41, 5.74) is 2.01. The second kappa shape index (κ2) is 4.87. The number of aryl methyl sites for hydroxylation is 2. The molecule has 0 aliphatic rings. The van der Waals surface area contributed by atoms with Crippen molar-refractivity contribution < 1.29 is 14.6 Å². The molecule has 2 aromatic rings. The summed E-state index contributed by atoms with van der Waals surface area (Å²) in [5.74, 6) is -0.325. The van der Waals surface area contributed by atoms with Crippen LogP contribution < -0.4 is 4.74 Å². The lowest BCUT2D eigenvalue weighted by Gasteiger charge is -2.08. The highest BCUT2D eigenvalue weighted by atomic mass is 16.5. The van der Waals surface area contributed by atoms with E-state index in [0.29, 0.717) is 11.6 Å². The SMILES string of the molecule is Cc1ccnc(Oc2ccc(C)cc2C(=O)O)c1. The fourth-order valence-electron chi connectivity index (χ4n) is 1.58. The Balaban J connectivity index is 2.37. The van der Waals surface area contributed by atoms with E-state index in [0.717, 1.165) is 11.1 Å². The van der Waals surface area contributed by atoms with Crippen LogP contribution in [0.4, 0.5) is 0 Å². The molecule has 0 saturated carbocycles. The lowest BCUT2D eigenvalue weighted by molar-refractivity contribution is 0.0694. The number of aromatic nitrogens is 1. The Bertz CT molecular complexity index is 593. The van der Waals surface area contributed by atoms with Crippen LogP contribution in [-0.4, -0.2) is 16.1 Å². The van der Waals surface area contributed by atoms with Crippen molar-refractivity contribution in [1.29, 1.82) is 0 Å². The van der Waals surface area contributed by atoms with Crippen LogP contribution in [0.15, 0.2) is 36.5 Å². The summed E-state index contributed by atoms with van der Waals surface area (Å²) in [6.45, 7) is 3.75. The van der Waals surface area contributed by atoms with Crippen molar-refractivity contribution in [2.75, 3.05) is 0 Å². The maximum Gasteiger partial charge on any atom is 0.339 e. The summed E-state index contributed by atoms with van der Waals surface area (Å²) < 4.78 is 5.51. The fraction of sp³-hybridized carbons (Fsp3) is 0.143. The first-order chi connectivity index (χ1) is 8.56. The van der Waals surface area contributed by atoms with E-state index in [9.17, 15) is 4.79 Å². The molecule has 0 spiro atoms. The average Bonchev–Trinajstić information content (AvgIpc) is 2.31. The van der Waals surface area contributed by atoms with Crippen LogP contribution >= 0.6 is 0 Å². The topological polar surface area (TPSA) is 59.4 Å². The van der Waals surface area contributed by atoms with Gasteiger partial charge in [0.05, 0.1) is 0 Å². The van der Waals surface area contributed by atoms with Crippen molar-refractivity contribution in [1.82, 2.24) is 4.98 Å². The van der Waals surface area contributed by atoms with Gasteiger partial charge in [0, 0.05) is 12.3 Å². The zero-order chi connectivity index (χ0) is 13.1. The van der Waals surface area contributed by atoms with Gasteiger partial charge in [0.1, 0.15) is 11.3 Å². The summed E-state index contributed by atoms with van der Waals surface area (Å²) in [4.78, 5) is 15.2. The molecule has 4 heteroatoms. The number of hydrogen-bond donors (Lipinski definition) is 1. The third-order valence-electron chi connectivity index (χ3n) is 2.47. The number of pyridine rings is 1. The van der Waals surface area contributed by atoms with Crippen molar-refractivity contribution in [2.45, 2.75) is 13.8 Å². The van der Waals surface area contributed by atoms with Crippen LogP contribution in [0, 0.1) is 13.8 Å². The summed E-state index contributed by atoms with van der Waals surface area (Å²) in [7, 11) is 0. The molecular weight excluding hydrogens is 230 g/mol. The molecule has 1 heterocycles. The molecule has 0 aliphatic carbocycles. The third-order valence-corrected chi connectivity index (χ3v) is 2.47. The smallest absolute Gasteiger partial charge is 0.339 e. The Labute approximate surface area is 105 Å². The van der Waals surface area contributed by atoms with Gasteiger partial charge in [-0.25, -0.2) is 9.78 Å². The van der Waals surface area contributed by atoms with E-state index in [1.807, 2.05) is 19.9 Å². The quantitative estimate of drug-likeness (QED) is 0.899. The minimum Gasteiger partial charge on any atom is -0.478 e. The number of rotatable bonds is 3. The predicted molar refractivity (Wildman–Crippen MR) is 67.2 cm³/mol. The molecule has 92 valence electrons. The molecule has 1 aromatic heterocycles. The van der Waals surface area contributed by atoms with Crippen LogP contribution in [0.5, 0.6) is 11.6 Å². The predicted octanol–water partition coefficient (Wildman–Crippen LogP) is 3.19. The molecule has 0 saturated heterocycles. The molecule has 2 rings (SSSR count). The largest absolute Gasteiger partial charge is 0.478 e. The Morgan fingerprint density at radius 3 is 2.56 bits per heavy atom. The lowest BCUT2D eigenvalue weighted by atomic mass is 10.1. The molecule has 0 aliphatic heterocycles. The van der Waals surface area contributed by atoms with Gasteiger partial charge in [-0.2, -0.15) is 0 Å². The second-order valence-electron chi connectivity index (χ2n) is 4.08. The normalized spacial score (nSPS) is 10.1. The van der Waals surface area contributed by atoms with E-state index in [1.165, 1.54) is 0 Å². The number of hydrogen-bond acceptors (Lipinski definition) is 3. The molecular formula is C14H13NO3. The highest BCUT2D eigenvalue weighted by molar-refractivity contribution is 5.91. The van der Waals surface area contributed by atoms with Gasteiger partial charge in [-0.3, -0.25) is 0 Å². The zero-order valence-corrected chi connectivity index (χ0v) is 10.2. The molecule has 4 nitrogen and oxygen atoms in total. The molecule has 0 radical (unpaired) electrons. The van der Waals surface area contributed by atoms with Crippen LogP contribution in [0.3, 0.4) is 0 Å². The van der Waals surface area contributed by atoms with Crippen molar-refractivity contribution >= 4 is 5.97 Å². The maximum atomic E-state index is 11.1. The van der Waals surface area contributed by atoms with Crippen LogP contribution in [0.2, 0.25) is 0 Å². The van der Waals surface area contributed by atoms with Crippen molar-refractivity contribution in [3.63, 3.8) is 0 Å². The van der Waals surface area contributed by atoms with Crippen LogP contribution in [0.1, 0.15) is 21.5 Å². The van der Waals surface area contributed by atoms with Gasteiger partial charge in [0.15, 0.2) is 0 Å². The number of nitrogens with zero attached hydrogens (tertiary/aromatic N) is 1. The van der Waals surface area contributed by atoms with Gasteiger partial charge in [-0.05, 0) is 37.6 Å². The Kier molecular flexibility index (Phi) is 3.28. The first-order valence-corrected chi connectivity index (χ1v) is 5.51. The number of carboxylic acid groups (broad SMARTS) is 1. The van der Waals surface area contributed by atoms with Gasteiger partial charge in [0.25, 0.3) is 0 Å².